The van der Waals surface area contributed by atoms with Crippen LogP contribution in [0, 0.1) is 0 Å². The summed E-state index contributed by atoms with van der Waals surface area (Å²) in [6, 6.07) is 17.7. The van der Waals surface area contributed by atoms with Crippen molar-refractivity contribution in [3.05, 3.63) is 77.6 Å². The van der Waals surface area contributed by atoms with Crippen molar-refractivity contribution < 1.29 is 9.90 Å². The molecule has 6 heteroatoms. The Bertz CT molecular complexity index is 950. The van der Waals surface area contributed by atoms with Gasteiger partial charge in [0.2, 0.25) is 0 Å². The molecule has 0 radical (unpaired) electrons. The van der Waals surface area contributed by atoms with Crippen LogP contribution >= 0.6 is 0 Å². The van der Waals surface area contributed by atoms with Crippen molar-refractivity contribution in [2.24, 2.45) is 0 Å². The molecular formula is C22H24N4O2. The first-order valence-electron chi connectivity index (χ1n) is 9.62. The molecule has 1 aliphatic rings. The van der Waals surface area contributed by atoms with Gasteiger partial charge in [-0.05, 0) is 29.7 Å². The van der Waals surface area contributed by atoms with Crippen molar-refractivity contribution in [1.29, 1.82) is 0 Å². The molecule has 28 heavy (non-hydrogen) atoms. The molecular weight excluding hydrogens is 352 g/mol. The molecule has 2 N–H and O–H groups in total. The van der Waals surface area contributed by atoms with Crippen LogP contribution in [0.4, 0.5) is 0 Å². The Kier molecular flexibility index (Phi) is 5.12. The van der Waals surface area contributed by atoms with E-state index in [1.54, 1.807) is 4.90 Å². The van der Waals surface area contributed by atoms with Crippen LogP contribution in [-0.2, 0) is 6.42 Å². The lowest BCUT2D eigenvalue weighted by molar-refractivity contribution is 0.0624. The summed E-state index contributed by atoms with van der Waals surface area (Å²) in [5, 5.41) is 18.1. The Morgan fingerprint density at radius 3 is 2.64 bits per heavy atom. The number of piperazine rings is 1. The van der Waals surface area contributed by atoms with Gasteiger partial charge in [-0.2, -0.15) is 5.10 Å². The van der Waals surface area contributed by atoms with E-state index in [1.807, 2.05) is 30.3 Å². The van der Waals surface area contributed by atoms with Gasteiger partial charge in [0.1, 0.15) is 0 Å². The number of nitrogens with one attached hydrogen (secondary N) is 1. The zero-order valence-corrected chi connectivity index (χ0v) is 15.9. The molecule has 4 rings (SSSR count). The smallest absolute Gasteiger partial charge is 0.278 e. The summed E-state index contributed by atoms with van der Waals surface area (Å²) in [7, 11) is 0. The van der Waals surface area contributed by atoms with Crippen LogP contribution in [-0.4, -0.2) is 45.3 Å². The van der Waals surface area contributed by atoms with E-state index in [4.69, 9.17) is 0 Å². The third-order valence-electron chi connectivity index (χ3n) is 5.20. The number of carbonyl (C=O) groups is 1. The van der Waals surface area contributed by atoms with Crippen LogP contribution in [0.3, 0.4) is 0 Å². The first-order valence-corrected chi connectivity index (χ1v) is 9.62. The second-order valence-corrected chi connectivity index (χ2v) is 6.96. The second kappa shape index (κ2) is 7.86. The van der Waals surface area contributed by atoms with Gasteiger partial charge in [0, 0.05) is 19.6 Å². The molecule has 1 atom stereocenters. The maximum absolute atomic E-state index is 13.2. The van der Waals surface area contributed by atoms with Gasteiger partial charge in [0.05, 0.1) is 17.9 Å². The maximum atomic E-state index is 13.2. The van der Waals surface area contributed by atoms with Crippen molar-refractivity contribution in [1.82, 2.24) is 20.0 Å². The zero-order chi connectivity index (χ0) is 19.5. The van der Waals surface area contributed by atoms with Gasteiger partial charge in [0.15, 0.2) is 11.4 Å². The van der Waals surface area contributed by atoms with Crippen molar-refractivity contribution in [3.63, 3.8) is 0 Å². The van der Waals surface area contributed by atoms with Gasteiger partial charge in [-0.1, -0.05) is 49.4 Å². The Balaban J connectivity index is 1.63. The summed E-state index contributed by atoms with van der Waals surface area (Å²) in [6.45, 7) is 4.09. The highest BCUT2D eigenvalue weighted by molar-refractivity contribution is 5.95. The van der Waals surface area contributed by atoms with Gasteiger partial charge in [-0.25, -0.2) is 4.68 Å². The molecule has 3 aromatic rings. The Hall–Kier alpha value is -3.12. The average Bonchev–Trinajstić information content (AvgIpc) is 3.15. The van der Waals surface area contributed by atoms with E-state index in [0.29, 0.717) is 13.1 Å². The molecule has 1 unspecified atom stereocenters. The highest BCUT2D eigenvalue weighted by Gasteiger charge is 2.31. The topological polar surface area (TPSA) is 70.4 Å². The SMILES string of the molecule is CCc1ccc(C2CNCCN2C(=O)c2nn(-c3ccccc3)cc2O)cc1. The van der Waals surface area contributed by atoms with E-state index in [9.17, 15) is 9.90 Å². The fourth-order valence-electron chi connectivity index (χ4n) is 3.59. The number of para-hydroxylation sites is 1. The number of rotatable bonds is 4. The molecule has 1 aliphatic heterocycles. The van der Waals surface area contributed by atoms with Crippen LogP contribution in [0.25, 0.3) is 5.69 Å². The quantitative estimate of drug-likeness (QED) is 0.735. The molecule has 1 aromatic heterocycles. The highest BCUT2D eigenvalue weighted by atomic mass is 16.3. The molecule has 0 saturated carbocycles. The van der Waals surface area contributed by atoms with Crippen LogP contribution in [0.1, 0.15) is 34.6 Å². The highest BCUT2D eigenvalue weighted by Crippen LogP contribution is 2.27. The molecule has 144 valence electrons. The molecule has 1 saturated heterocycles. The minimum absolute atomic E-state index is 0.0842. The second-order valence-electron chi connectivity index (χ2n) is 6.96. The van der Waals surface area contributed by atoms with Crippen LogP contribution < -0.4 is 5.32 Å². The van der Waals surface area contributed by atoms with E-state index in [2.05, 4.69) is 41.6 Å². The van der Waals surface area contributed by atoms with Gasteiger partial charge in [-0.3, -0.25) is 4.79 Å². The fraction of sp³-hybridized carbons (Fsp3) is 0.273. The predicted octanol–water partition coefficient (Wildman–Crippen LogP) is 2.93. The molecule has 0 aliphatic carbocycles. The van der Waals surface area contributed by atoms with Gasteiger partial charge < -0.3 is 15.3 Å². The minimum Gasteiger partial charge on any atom is -0.504 e. The maximum Gasteiger partial charge on any atom is 0.278 e. The first kappa shape index (κ1) is 18.3. The van der Waals surface area contributed by atoms with Gasteiger partial charge in [-0.15, -0.1) is 0 Å². The van der Waals surface area contributed by atoms with E-state index in [0.717, 1.165) is 24.2 Å². The van der Waals surface area contributed by atoms with Crippen molar-refractivity contribution >= 4 is 5.91 Å². The van der Waals surface area contributed by atoms with E-state index in [-0.39, 0.29) is 23.4 Å². The third-order valence-corrected chi connectivity index (χ3v) is 5.20. The first-order chi connectivity index (χ1) is 13.7. The number of amides is 1. The molecule has 0 bridgehead atoms. The monoisotopic (exact) mass is 376 g/mol. The molecule has 6 nitrogen and oxygen atoms in total. The minimum atomic E-state index is -0.252. The number of benzene rings is 2. The molecule has 0 spiro atoms. The third kappa shape index (κ3) is 3.51. The zero-order valence-electron chi connectivity index (χ0n) is 15.9. The summed E-state index contributed by atoms with van der Waals surface area (Å²) in [5.41, 5.74) is 3.23. The lowest BCUT2D eigenvalue weighted by atomic mass is 10.0. The summed E-state index contributed by atoms with van der Waals surface area (Å²) in [5.74, 6) is -0.356. The van der Waals surface area contributed by atoms with Crippen molar-refractivity contribution in [3.8, 4) is 11.4 Å². The molecule has 1 amide bonds. The molecule has 2 aromatic carbocycles. The average molecular weight is 376 g/mol. The summed E-state index contributed by atoms with van der Waals surface area (Å²) in [4.78, 5) is 15.0. The van der Waals surface area contributed by atoms with Crippen LogP contribution in [0.2, 0.25) is 0 Å². The normalized spacial score (nSPS) is 16.9. The summed E-state index contributed by atoms with van der Waals surface area (Å²) >= 11 is 0. The summed E-state index contributed by atoms with van der Waals surface area (Å²) in [6.07, 6.45) is 2.46. The number of nitrogens with zero attached hydrogens (tertiary/aromatic N) is 3. The number of aromatic hydroxyl groups is 1. The number of aromatic nitrogens is 2. The van der Waals surface area contributed by atoms with Crippen molar-refractivity contribution in [2.45, 2.75) is 19.4 Å². The van der Waals surface area contributed by atoms with E-state index < -0.39 is 0 Å². The van der Waals surface area contributed by atoms with Gasteiger partial charge >= 0.3 is 0 Å². The lowest BCUT2D eigenvalue weighted by Crippen LogP contribution is -2.48. The van der Waals surface area contributed by atoms with E-state index in [1.165, 1.54) is 16.4 Å². The fourth-order valence-corrected chi connectivity index (χ4v) is 3.59. The molecule has 2 heterocycles. The number of aryl methyl sites for hydroxylation is 1. The number of hydrogen-bond donors (Lipinski definition) is 2. The van der Waals surface area contributed by atoms with Crippen LogP contribution in [0.15, 0.2) is 60.8 Å². The Morgan fingerprint density at radius 2 is 1.93 bits per heavy atom. The Morgan fingerprint density at radius 1 is 1.18 bits per heavy atom. The summed E-state index contributed by atoms with van der Waals surface area (Å²) < 4.78 is 1.54. The number of carbonyl (C=O) groups excluding carboxylic acids is 1. The van der Waals surface area contributed by atoms with E-state index >= 15 is 0 Å². The largest absolute Gasteiger partial charge is 0.504 e. The Labute approximate surface area is 164 Å². The number of hydrogen-bond acceptors (Lipinski definition) is 4. The van der Waals surface area contributed by atoms with Crippen LogP contribution in [0.5, 0.6) is 5.75 Å². The van der Waals surface area contributed by atoms with Gasteiger partial charge in [0.25, 0.3) is 5.91 Å². The standard InChI is InChI=1S/C22H24N4O2/c1-2-16-8-10-17(11-9-16)19-14-23-12-13-25(19)22(28)21-20(27)15-26(24-21)18-6-4-3-5-7-18/h3-11,15,19,23,27H,2,12-14H2,1H3. The van der Waals surface area contributed by atoms with Crippen molar-refractivity contribution in [2.75, 3.05) is 19.6 Å². The molecule has 1 fully saturated rings. The lowest BCUT2D eigenvalue weighted by Gasteiger charge is -2.36. The predicted molar refractivity (Wildman–Crippen MR) is 108 cm³/mol.